The summed E-state index contributed by atoms with van der Waals surface area (Å²) in [6.07, 6.45) is 0. The fourth-order valence-electron chi connectivity index (χ4n) is 2.75. The van der Waals surface area contributed by atoms with Crippen LogP contribution in [0.15, 0.2) is 23.1 Å². The van der Waals surface area contributed by atoms with Crippen molar-refractivity contribution >= 4 is 22.6 Å². The Balaban J connectivity index is 2.39. The second-order valence-electron chi connectivity index (χ2n) is 8.37. The van der Waals surface area contributed by atoms with Crippen molar-refractivity contribution in [1.82, 2.24) is 4.72 Å². The standard InChI is InChI=1S/C19H32BNO5S/c1-8-21-27(22,23)17-11-15(13-24-12-14(2)3)9-10-16(17)20-25-18(4,5)19(6,7)26-20/h9-11,14,21H,8,12-13H2,1-7H3. The molecule has 27 heavy (non-hydrogen) atoms. The zero-order chi connectivity index (χ0) is 20.5. The lowest BCUT2D eigenvalue weighted by molar-refractivity contribution is 0.00578. The van der Waals surface area contributed by atoms with Crippen LogP contribution in [0.2, 0.25) is 0 Å². The van der Waals surface area contributed by atoms with Gasteiger partial charge in [-0.2, -0.15) is 0 Å². The highest BCUT2D eigenvalue weighted by molar-refractivity contribution is 7.89. The van der Waals surface area contributed by atoms with Gasteiger partial charge in [-0.3, -0.25) is 0 Å². The van der Waals surface area contributed by atoms with Crippen LogP contribution in [-0.4, -0.2) is 39.9 Å². The molecule has 1 heterocycles. The molecular formula is C19H32BNO5S. The molecule has 0 amide bonds. The Kier molecular flexibility index (Phi) is 6.80. The summed E-state index contributed by atoms with van der Waals surface area (Å²) in [6, 6.07) is 5.28. The second kappa shape index (κ2) is 8.21. The van der Waals surface area contributed by atoms with Gasteiger partial charge < -0.3 is 14.0 Å². The van der Waals surface area contributed by atoms with Gasteiger partial charge in [-0.1, -0.05) is 32.9 Å². The van der Waals surface area contributed by atoms with Crippen molar-refractivity contribution in [3.8, 4) is 0 Å². The summed E-state index contributed by atoms with van der Waals surface area (Å²) in [7, 11) is -4.43. The van der Waals surface area contributed by atoms with Gasteiger partial charge in [0.05, 0.1) is 22.7 Å². The van der Waals surface area contributed by atoms with Crippen LogP contribution in [0.4, 0.5) is 0 Å². The maximum atomic E-state index is 12.8. The Morgan fingerprint density at radius 2 is 1.74 bits per heavy atom. The number of hydrogen-bond donors (Lipinski definition) is 1. The number of benzene rings is 1. The molecule has 0 aliphatic carbocycles. The maximum Gasteiger partial charge on any atom is 0.496 e. The van der Waals surface area contributed by atoms with E-state index in [1.807, 2.05) is 33.8 Å². The second-order valence-corrected chi connectivity index (χ2v) is 10.1. The third-order valence-corrected chi connectivity index (χ3v) is 6.53. The normalized spacial score (nSPS) is 19.0. The number of sulfonamides is 1. The molecule has 0 atom stereocenters. The SMILES string of the molecule is CCNS(=O)(=O)c1cc(COCC(C)C)ccc1B1OC(C)(C)C(C)(C)O1. The zero-order valence-corrected chi connectivity index (χ0v) is 18.3. The van der Waals surface area contributed by atoms with Crippen molar-refractivity contribution in [2.45, 2.75) is 71.2 Å². The molecule has 0 aromatic heterocycles. The number of rotatable bonds is 8. The zero-order valence-electron chi connectivity index (χ0n) is 17.5. The average Bonchev–Trinajstić information content (AvgIpc) is 2.75. The predicted molar refractivity (Wildman–Crippen MR) is 108 cm³/mol. The molecule has 0 bridgehead atoms. The molecule has 0 unspecified atom stereocenters. The smallest absolute Gasteiger partial charge is 0.399 e. The molecule has 1 aliphatic rings. The van der Waals surface area contributed by atoms with E-state index >= 15 is 0 Å². The topological polar surface area (TPSA) is 73.9 Å². The van der Waals surface area contributed by atoms with Gasteiger partial charge in [-0.15, -0.1) is 0 Å². The fourth-order valence-corrected chi connectivity index (χ4v) is 4.06. The van der Waals surface area contributed by atoms with Crippen LogP contribution in [0, 0.1) is 5.92 Å². The van der Waals surface area contributed by atoms with Crippen LogP contribution >= 0.6 is 0 Å². The number of hydrogen-bond acceptors (Lipinski definition) is 5. The lowest BCUT2D eigenvalue weighted by Gasteiger charge is -2.32. The molecular weight excluding hydrogens is 365 g/mol. The Labute approximate surface area is 164 Å². The molecule has 1 N–H and O–H groups in total. The third-order valence-electron chi connectivity index (χ3n) is 4.93. The Hall–Kier alpha value is -0.925. The van der Waals surface area contributed by atoms with Gasteiger partial charge >= 0.3 is 7.12 Å². The summed E-state index contributed by atoms with van der Waals surface area (Å²) in [5.74, 6) is 0.416. The van der Waals surface area contributed by atoms with Crippen LogP contribution in [0.5, 0.6) is 0 Å². The monoisotopic (exact) mass is 397 g/mol. The summed E-state index contributed by atoms with van der Waals surface area (Å²) in [4.78, 5) is 0.175. The van der Waals surface area contributed by atoms with Gasteiger partial charge in [-0.25, -0.2) is 13.1 Å². The van der Waals surface area contributed by atoms with Crippen molar-refractivity contribution in [1.29, 1.82) is 0 Å². The fraction of sp³-hybridized carbons (Fsp3) is 0.684. The van der Waals surface area contributed by atoms with Gasteiger partial charge in [0.1, 0.15) is 0 Å². The Morgan fingerprint density at radius 1 is 1.15 bits per heavy atom. The van der Waals surface area contributed by atoms with Crippen molar-refractivity contribution in [3.63, 3.8) is 0 Å². The number of nitrogens with one attached hydrogen (secondary N) is 1. The van der Waals surface area contributed by atoms with E-state index in [4.69, 9.17) is 14.0 Å². The average molecular weight is 397 g/mol. The van der Waals surface area contributed by atoms with Crippen molar-refractivity contribution < 1.29 is 22.5 Å². The summed E-state index contributed by atoms with van der Waals surface area (Å²) in [6.45, 7) is 15.0. The van der Waals surface area contributed by atoms with Crippen LogP contribution in [0.3, 0.4) is 0 Å². The van der Waals surface area contributed by atoms with Crippen LogP contribution in [0.25, 0.3) is 0 Å². The van der Waals surface area contributed by atoms with E-state index in [1.54, 1.807) is 19.1 Å². The van der Waals surface area contributed by atoms with E-state index in [9.17, 15) is 8.42 Å². The molecule has 0 spiro atoms. The first-order valence-electron chi connectivity index (χ1n) is 9.45. The molecule has 152 valence electrons. The summed E-state index contributed by atoms with van der Waals surface area (Å²) in [5.41, 5.74) is 0.209. The van der Waals surface area contributed by atoms with Gasteiger partial charge in [0.15, 0.2) is 0 Å². The minimum Gasteiger partial charge on any atom is -0.399 e. The molecule has 0 radical (unpaired) electrons. The largest absolute Gasteiger partial charge is 0.496 e. The first kappa shape index (κ1) is 22.4. The van der Waals surface area contributed by atoms with E-state index in [-0.39, 0.29) is 4.90 Å². The molecule has 1 fully saturated rings. The van der Waals surface area contributed by atoms with Gasteiger partial charge in [0, 0.05) is 18.6 Å². The molecule has 1 aromatic rings. The minimum absolute atomic E-state index is 0.175. The van der Waals surface area contributed by atoms with Gasteiger partial charge in [0.25, 0.3) is 0 Å². The van der Waals surface area contributed by atoms with Crippen molar-refractivity contribution in [3.05, 3.63) is 23.8 Å². The van der Waals surface area contributed by atoms with E-state index < -0.39 is 28.3 Å². The van der Waals surface area contributed by atoms with Crippen LogP contribution in [0.1, 0.15) is 54.0 Å². The molecule has 8 heteroatoms. The van der Waals surface area contributed by atoms with E-state index in [0.717, 1.165) is 5.56 Å². The highest BCUT2D eigenvalue weighted by atomic mass is 32.2. The molecule has 2 rings (SSSR count). The number of ether oxygens (including phenoxy) is 1. The molecule has 0 saturated carbocycles. The Bertz CT molecular complexity index is 745. The van der Waals surface area contributed by atoms with Gasteiger partial charge in [-0.05, 0) is 45.2 Å². The third kappa shape index (κ3) is 5.12. The first-order chi connectivity index (χ1) is 12.4. The van der Waals surface area contributed by atoms with E-state index in [2.05, 4.69) is 18.6 Å². The quantitative estimate of drug-likeness (QED) is 0.683. The van der Waals surface area contributed by atoms with Gasteiger partial charge in [0.2, 0.25) is 10.0 Å². The van der Waals surface area contributed by atoms with E-state index in [0.29, 0.717) is 31.1 Å². The summed E-state index contributed by atoms with van der Waals surface area (Å²) >= 11 is 0. The maximum absolute atomic E-state index is 12.8. The summed E-state index contributed by atoms with van der Waals surface area (Å²) in [5, 5.41) is 0. The molecule has 1 saturated heterocycles. The highest BCUT2D eigenvalue weighted by Crippen LogP contribution is 2.37. The minimum atomic E-state index is -3.68. The predicted octanol–water partition coefficient (Wildman–Crippen LogP) is 2.46. The van der Waals surface area contributed by atoms with Crippen LogP contribution < -0.4 is 10.2 Å². The van der Waals surface area contributed by atoms with Crippen molar-refractivity contribution in [2.75, 3.05) is 13.2 Å². The lowest BCUT2D eigenvalue weighted by Crippen LogP contribution is -2.41. The highest BCUT2D eigenvalue weighted by Gasteiger charge is 2.52. The first-order valence-corrected chi connectivity index (χ1v) is 10.9. The molecule has 1 aliphatic heterocycles. The molecule has 6 nitrogen and oxygen atoms in total. The van der Waals surface area contributed by atoms with Crippen LogP contribution in [-0.2, 0) is 30.7 Å². The lowest BCUT2D eigenvalue weighted by atomic mass is 9.78. The molecule has 1 aromatic carbocycles. The van der Waals surface area contributed by atoms with Crippen molar-refractivity contribution in [2.24, 2.45) is 5.92 Å². The van der Waals surface area contributed by atoms with E-state index in [1.165, 1.54) is 0 Å². The Morgan fingerprint density at radius 3 is 2.26 bits per heavy atom. The summed E-state index contributed by atoms with van der Waals surface area (Å²) < 4.78 is 46.0.